The van der Waals surface area contributed by atoms with E-state index < -0.39 is 18.0 Å². The molecule has 170 valence electrons. The van der Waals surface area contributed by atoms with Crippen LogP contribution in [-0.2, 0) is 10.9 Å². The van der Waals surface area contributed by atoms with Gasteiger partial charge in [0.05, 0.1) is 25.3 Å². The number of benzene rings is 2. The number of nitrogens with zero attached hydrogens (tertiary/aromatic N) is 3. The maximum Gasteiger partial charge on any atom is 0.433 e. The summed E-state index contributed by atoms with van der Waals surface area (Å²) in [6, 6.07) is 11.4. The van der Waals surface area contributed by atoms with Crippen molar-refractivity contribution in [1.82, 2.24) is 9.97 Å². The molecule has 3 heterocycles. The third-order valence-electron chi connectivity index (χ3n) is 5.42. The predicted molar refractivity (Wildman–Crippen MR) is 113 cm³/mol. The number of methoxy groups -OCH3 is 1. The Morgan fingerprint density at radius 1 is 1.18 bits per heavy atom. The Bertz CT molecular complexity index is 1250. The highest BCUT2D eigenvalue weighted by atomic mass is 19.4. The molecule has 5 rings (SSSR count). The Balaban J connectivity index is 1.51. The van der Waals surface area contributed by atoms with Crippen molar-refractivity contribution in [3.05, 3.63) is 65.5 Å². The lowest BCUT2D eigenvalue weighted by Gasteiger charge is -2.29. The van der Waals surface area contributed by atoms with E-state index in [2.05, 4.69) is 20.3 Å². The quantitative estimate of drug-likeness (QED) is 0.597. The minimum absolute atomic E-state index is 0.0118. The zero-order chi connectivity index (χ0) is 23.2. The number of fused-ring (bicyclic) bond motifs is 2. The molecule has 2 atom stereocenters. The second-order valence-electron chi connectivity index (χ2n) is 7.44. The molecular formula is C22H18F3N5O3. The van der Waals surface area contributed by atoms with Crippen LogP contribution in [0.5, 0.6) is 11.5 Å². The van der Waals surface area contributed by atoms with Crippen LogP contribution in [0, 0.1) is 0 Å². The average Bonchev–Trinajstić information content (AvgIpc) is 3.22. The smallest absolute Gasteiger partial charge is 0.433 e. The van der Waals surface area contributed by atoms with Crippen molar-refractivity contribution in [2.75, 3.05) is 19.0 Å². The molecular weight excluding hydrogens is 439 g/mol. The first-order valence-electron chi connectivity index (χ1n) is 9.95. The van der Waals surface area contributed by atoms with Crippen molar-refractivity contribution in [1.29, 1.82) is 0 Å². The number of rotatable bonds is 4. The standard InChI is InChI=1S/C22H18F3N5O3/c1-31-15-3-2-4-16-18(15)13(10-32-16)19-12-9-11(5-6-14(12)29-20(26)33-19)28-21-27-8-7-17(30-21)22(23,24)25/h2-9,13,19H,10H2,1H3,(H2,26,29)(H,27,28,30). The SMILES string of the molecule is COc1cccc2c1C(C1OC(N)=Nc3ccc(Nc4nccc(C(F)(F)F)n4)cc31)CO2. The Morgan fingerprint density at radius 3 is 2.82 bits per heavy atom. The summed E-state index contributed by atoms with van der Waals surface area (Å²) in [5.41, 5.74) is 7.49. The lowest BCUT2D eigenvalue weighted by molar-refractivity contribution is -0.141. The molecule has 2 unspecified atom stereocenters. The van der Waals surface area contributed by atoms with Gasteiger partial charge in [-0.15, -0.1) is 0 Å². The van der Waals surface area contributed by atoms with E-state index in [0.29, 0.717) is 35.0 Å². The largest absolute Gasteiger partial charge is 0.496 e. The molecule has 0 saturated heterocycles. The summed E-state index contributed by atoms with van der Waals surface area (Å²) in [6.07, 6.45) is -4.08. The average molecular weight is 457 g/mol. The highest BCUT2D eigenvalue weighted by molar-refractivity contribution is 5.80. The number of anilines is 2. The molecule has 3 N–H and O–H groups in total. The van der Waals surface area contributed by atoms with Crippen molar-refractivity contribution in [2.24, 2.45) is 10.7 Å². The molecule has 0 saturated carbocycles. The zero-order valence-electron chi connectivity index (χ0n) is 17.3. The van der Waals surface area contributed by atoms with Crippen molar-refractivity contribution >= 4 is 23.3 Å². The number of amidine groups is 1. The third-order valence-corrected chi connectivity index (χ3v) is 5.42. The van der Waals surface area contributed by atoms with Crippen LogP contribution in [0.1, 0.15) is 28.8 Å². The topological polar surface area (TPSA) is 104 Å². The lowest BCUT2D eigenvalue weighted by atomic mass is 9.88. The monoisotopic (exact) mass is 457 g/mol. The summed E-state index contributed by atoms with van der Waals surface area (Å²) in [4.78, 5) is 11.7. The Labute approximate surface area is 186 Å². The molecule has 0 fully saturated rings. The summed E-state index contributed by atoms with van der Waals surface area (Å²) in [5, 5.41) is 2.82. The van der Waals surface area contributed by atoms with E-state index in [9.17, 15) is 13.2 Å². The summed E-state index contributed by atoms with van der Waals surface area (Å²) in [7, 11) is 1.58. The van der Waals surface area contributed by atoms with E-state index in [0.717, 1.165) is 17.8 Å². The minimum Gasteiger partial charge on any atom is -0.496 e. The number of alkyl halides is 3. The molecule has 11 heteroatoms. The molecule has 3 aromatic rings. The number of aliphatic imine (C=N–C) groups is 1. The van der Waals surface area contributed by atoms with Gasteiger partial charge in [0.15, 0.2) is 0 Å². The number of hydrogen-bond acceptors (Lipinski definition) is 8. The Morgan fingerprint density at radius 2 is 2.03 bits per heavy atom. The van der Waals surface area contributed by atoms with E-state index in [1.54, 1.807) is 25.3 Å². The minimum atomic E-state index is -4.57. The molecule has 8 nitrogen and oxygen atoms in total. The maximum absolute atomic E-state index is 13.0. The fourth-order valence-corrected chi connectivity index (χ4v) is 4.00. The Kier molecular flexibility index (Phi) is 4.95. The van der Waals surface area contributed by atoms with E-state index in [4.69, 9.17) is 19.9 Å². The fraction of sp³-hybridized carbons (Fsp3) is 0.227. The molecule has 2 aliphatic rings. The highest BCUT2D eigenvalue weighted by Crippen LogP contribution is 2.50. The van der Waals surface area contributed by atoms with Crippen LogP contribution in [0.2, 0.25) is 0 Å². The van der Waals surface area contributed by atoms with Gasteiger partial charge in [0.1, 0.15) is 23.3 Å². The van der Waals surface area contributed by atoms with Gasteiger partial charge in [-0.25, -0.2) is 9.97 Å². The van der Waals surface area contributed by atoms with Gasteiger partial charge < -0.3 is 25.3 Å². The van der Waals surface area contributed by atoms with Gasteiger partial charge in [-0.05, 0) is 36.4 Å². The molecule has 1 aromatic heterocycles. The zero-order valence-corrected chi connectivity index (χ0v) is 17.3. The van der Waals surface area contributed by atoms with Crippen LogP contribution in [0.25, 0.3) is 0 Å². The first kappa shape index (κ1) is 20.9. The van der Waals surface area contributed by atoms with Crippen LogP contribution in [-0.4, -0.2) is 29.7 Å². The maximum atomic E-state index is 13.0. The van der Waals surface area contributed by atoms with Gasteiger partial charge >= 0.3 is 6.18 Å². The normalized spacial score (nSPS) is 19.0. The van der Waals surface area contributed by atoms with E-state index in [-0.39, 0.29) is 17.9 Å². The van der Waals surface area contributed by atoms with Gasteiger partial charge in [0.25, 0.3) is 6.02 Å². The van der Waals surface area contributed by atoms with Gasteiger partial charge in [-0.1, -0.05) is 6.07 Å². The first-order chi connectivity index (χ1) is 15.8. The van der Waals surface area contributed by atoms with Gasteiger partial charge in [0, 0.05) is 23.0 Å². The second kappa shape index (κ2) is 7.84. The van der Waals surface area contributed by atoms with Crippen molar-refractivity contribution in [3.63, 3.8) is 0 Å². The van der Waals surface area contributed by atoms with Crippen LogP contribution in [0.3, 0.4) is 0 Å². The van der Waals surface area contributed by atoms with Crippen molar-refractivity contribution < 1.29 is 27.4 Å². The summed E-state index contributed by atoms with van der Waals surface area (Å²) in [5.74, 6) is 0.923. The number of halogens is 3. The Hall–Kier alpha value is -4.02. The number of nitrogens with two attached hydrogens (primary N) is 1. The summed E-state index contributed by atoms with van der Waals surface area (Å²) in [6.45, 7) is 0.335. The molecule has 0 bridgehead atoms. The van der Waals surface area contributed by atoms with Crippen molar-refractivity contribution in [2.45, 2.75) is 18.2 Å². The first-order valence-corrected chi connectivity index (χ1v) is 9.95. The van der Waals surface area contributed by atoms with Crippen LogP contribution in [0.15, 0.2) is 53.7 Å². The van der Waals surface area contributed by atoms with E-state index >= 15 is 0 Å². The van der Waals surface area contributed by atoms with Gasteiger partial charge in [-0.3, -0.25) is 0 Å². The highest BCUT2D eigenvalue weighted by Gasteiger charge is 2.39. The fourth-order valence-electron chi connectivity index (χ4n) is 4.00. The number of hydrogen-bond donors (Lipinski definition) is 2. The molecule has 0 radical (unpaired) electrons. The van der Waals surface area contributed by atoms with Gasteiger partial charge in [0.2, 0.25) is 5.95 Å². The van der Waals surface area contributed by atoms with Crippen molar-refractivity contribution in [3.8, 4) is 11.5 Å². The molecule has 33 heavy (non-hydrogen) atoms. The number of aromatic nitrogens is 2. The van der Waals surface area contributed by atoms with Crippen LogP contribution in [0.4, 0.5) is 30.5 Å². The summed E-state index contributed by atoms with van der Waals surface area (Å²) < 4.78 is 56.2. The summed E-state index contributed by atoms with van der Waals surface area (Å²) >= 11 is 0. The molecule has 0 amide bonds. The lowest BCUT2D eigenvalue weighted by Crippen LogP contribution is -2.27. The third kappa shape index (κ3) is 3.86. The van der Waals surface area contributed by atoms with Gasteiger partial charge in [-0.2, -0.15) is 18.2 Å². The molecule has 0 aliphatic carbocycles. The predicted octanol–water partition coefficient (Wildman–Crippen LogP) is 4.44. The molecule has 0 spiro atoms. The number of ether oxygens (including phenoxy) is 3. The molecule has 2 aliphatic heterocycles. The molecule has 2 aromatic carbocycles. The van der Waals surface area contributed by atoms with Crippen LogP contribution >= 0.6 is 0 Å². The van der Waals surface area contributed by atoms with Crippen LogP contribution < -0.4 is 20.5 Å². The van der Waals surface area contributed by atoms with E-state index in [1.165, 1.54) is 0 Å². The van der Waals surface area contributed by atoms with E-state index in [1.807, 2.05) is 18.2 Å². The number of nitrogens with one attached hydrogen (secondary N) is 1. The second-order valence-corrected chi connectivity index (χ2v) is 7.44.